The first-order valence-electron chi connectivity index (χ1n) is 24.3. The van der Waals surface area contributed by atoms with Crippen LogP contribution in [0.2, 0.25) is 0 Å². The van der Waals surface area contributed by atoms with Gasteiger partial charge in [-0.05, 0) is 142 Å². The van der Waals surface area contributed by atoms with Crippen LogP contribution in [0.4, 0.5) is 15.8 Å². The Labute approximate surface area is 395 Å². The predicted octanol–water partition coefficient (Wildman–Crippen LogP) is 6.53. The van der Waals surface area contributed by atoms with Crippen molar-refractivity contribution >= 4 is 57.7 Å². The highest BCUT2D eigenvalue weighted by Crippen LogP contribution is 2.41. The highest BCUT2D eigenvalue weighted by atomic mass is 19.1. The van der Waals surface area contributed by atoms with Gasteiger partial charge in [-0.3, -0.25) is 44.0 Å². The van der Waals surface area contributed by atoms with E-state index in [0.29, 0.717) is 44.5 Å². The summed E-state index contributed by atoms with van der Waals surface area (Å²) >= 11 is 0. The Morgan fingerprint density at radius 3 is 2.29 bits per heavy atom. The average Bonchev–Trinajstić information content (AvgIpc) is 3.60. The summed E-state index contributed by atoms with van der Waals surface area (Å²) in [6, 6.07) is 18.2. The maximum atomic E-state index is 14.1. The number of piperidine rings is 3. The molecule has 3 N–H and O–H groups in total. The van der Waals surface area contributed by atoms with Crippen LogP contribution in [0.25, 0.3) is 10.9 Å². The number of rotatable bonds is 15. The molecule has 9 rings (SSSR count). The largest absolute Gasteiger partial charge is 0.490 e. The molecule has 4 fully saturated rings. The monoisotopic (exact) mass is 929 g/mol. The summed E-state index contributed by atoms with van der Waals surface area (Å²) in [6.07, 6.45) is 8.92. The van der Waals surface area contributed by atoms with Gasteiger partial charge in [0.05, 0.1) is 29.9 Å². The molecule has 1 aromatic heterocycles. The molecule has 4 aliphatic heterocycles. The second-order valence-corrected chi connectivity index (χ2v) is 19.0. The van der Waals surface area contributed by atoms with E-state index in [1.807, 2.05) is 42.2 Å². The van der Waals surface area contributed by atoms with Crippen molar-refractivity contribution in [1.29, 1.82) is 0 Å². The molecular formula is C52H60FN7O8. The summed E-state index contributed by atoms with van der Waals surface area (Å²) in [5, 5.41) is 9.43. The average molecular weight is 930 g/mol. The van der Waals surface area contributed by atoms with Gasteiger partial charge in [-0.1, -0.05) is 6.92 Å². The molecule has 3 saturated heterocycles. The lowest BCUT2D eigenvalue weighted by atomic mass is 9.73. The van der Waals surface area contributed by atoms with E-state index < -0.39 is 29.7 Å². The van der Waals surface area contributed by atoms with Crippen molar-refractivity contribution in [2.45, 2.75) is 89.2 Å². The van der Waals surface area contributed by atoms with Crippen molar-refractivity contribution in [2.75, 3.05) is 63.1 Å². The lowest BCUT2D eigenvalue weighted by molar-refractivity contribution is -0.139. The van der Waals surface area contributed by atoms with Crippen molar-refractivity contribution in [1.82, 2.24) is 25.0 Å². The smallest absolute Gasteiger partial charge is 0.262 e. The standard InChI is InChI=1S/C52H60FN7O8/c1-32(33-2-4-34(5-3-33)41-16-21-55-45-13-6-36(53)30-43(41)45)48(62)56-37-7-10-39(11-8-37)68-40-19-25-59(26-20-40)50(64)35-17-23-58(24-18-35)27-29-67-28-22-54-38-9-12-42-44(31-38)52(66)60(51(42)65)46-14-15-47(61)57-49(46)63/h6-13,16,21,30-35,40,46,54H,2-5,14-15,17-20,22-29H2,1H3,(H,56,62)(H,57,61,63)/t32-,33?,34?,46?/m1/s1. The fourth-order valence-electron chi connectivity index (χ4n) is 10.7. The molecule has 1 aliphatic carbocycles. The second kappa shape index (κ2) is 20.9. The number of amides is 6. The highest BCUT2D eigenvalue weighted by molar-refractivity contribution is 6.23. The van der Waals surface area contributed by atoms with Crippen molar-refractivity contribution in [3.8, 4) is 5.75 Å². The number of aromatic nitrogens is 1. The van der Waals surface area contributed by atoms with Crippen LogP contribution >= 0.6 is 0 Å². The third kappa shape index (κ3) is 10.6. The second-order valence-electron chi connectivity index (χ2n) is 19.0. The first-order valence-corrected chi connectivity index (χ1v) is 24.3. The van der Waals surface area contributed by atoms with Gasteiger partial charge in [0.1, 0.15) is 23.7 Å². The van der Waals surface area contributed by atoms with E-state index in [2.05, 4.69) is 25.8 Å². The summed E-state index contributed by atoms with van der Waals surface area (Å²) in [7, 11) is 0. The number of anilines is 2. The molecule has 5 heterocycles. The van der Waals surface area contributed by atoms with E-state index in [1.165, 1.54) is 6.07 Å². The van der Waals surface area contributed by atoms with Crippen LogP contribution in [0, 0.1) is 23.6 Å². The fourth-order valence-corrected chi connectivity index (χ4v) is 10.7. The molecule has 0 radical (unpaired) electrons. The normalized spacial score (nSPS) is 22.2. The fraction of sp³-hybridized carbons (Fsp3) is 0.481. The zero-order valence-electron chi connectivity index (χ0n) is 38.6. The summed E-state index contributed by atoms with van der Waals surface area (Å²) in [4.78, 5) is 86.5. The van der Waals surface area contributed by atoms with E-state index in [4.69, 9.17) is 9.47 Å². The molecule has 15 nitrogen and oxygen atoms in total. The van der Waals surface area contributed by atoms with E-state index in [9.17, 15) is 33.2 Å². The number of hydrogen-bond donors (Lipinski definition) is 3. The molecule has 2 atom stereocenters. The van der Waals surface area contributed by atoms with Crippen LogP contribution in [0.5, 0.6) is 5.75 Å². The van der Waals surface area contributed by atoms with Gasteiger partial charge >= 0.3 is 0 Å². The van der Waals surface area contributed by atoms with Crippen molar-refractivity contribution in [3.05, 3.63) is 95.4 Å². The number of nitrogens with one attached hydrogen (secondary N) is 3. The molecule has 4 aromatic rings. The Morgan fingerprint density at radius 1 is 0.809 bits per heavy atom. The lowest BCUT2D eigenvalue weighted by Crippen LogP contribution is -2.54. The molecule has 1 saturated carbocycles. The van der Waals surface area contributed by atoms with Crippen LogP contribution in [-0.2, 0) is 23.9 Å². The molecular weight excluding hydrogens is 870 g/mol. The van der Waals surface area contributed by atoms with E-state index in [1.54, 1.807) is 36.5 Å². The quantitative estimate of drug-likeness (QED) is 0.0872. The summed E-state index contributed by atoms with van der Waals surface area (Å²) in [5.41, 5.74) is 3.81. The number of likely N-dealkylation sites (tertiary alicyclic amines) is 2. The van der Waals surface area contributed by atoms with Crippen LogP contribution < -0.4 is 20.7 Å². The van der Waals surface area contributed by atoms with Gasteiger partial charge in [-0.25, -0.2) is 4.39 Å². The molecule has 1 unspecified atom stereocenters. The first kappa shape index (κ1) is 46.8. The van der Waals surface area contributed by atoms with E-state index >= 15 is 0 Å². The number of pyridine rings is 1. The maximum absolute atomic E-state index is 14.1. The number of carbonyl (C=O) groups is 6. The minimum absolute atomic E-state index is 0.0106. The molecule has 16 heteroatoms. The topological polar surface area (TPSA) is 180 Å². The van der Waals surface area contributed by atoms with Crippen LogP contribution in [0.3, 0.4) is 0 Å². The third-order valence-corrected chi connectivity index (χ3v) is 14.8. The van der Waals surface area contributed by atoms with Crippen molar-refractivity contribution in [2.24, 2.45) is 17.8 Å². The SMILES string of the molecule is C[C@@H](C(=O)Nc1ccc(OC2CCN(C(=O)C3CCN(CCOCCNc4ccc5c(c4)C(=O)N(C4CCC(=O)NC4=O)C5=O)CC3)CC2)cc1)C1CCC(c2ccnc3ccc(F)cc23)CC1. The number of imide groups is 2. The number of carbonyl (C=O) groups excluding carboxylic acids is 6. The molecule has 68 heavy (non-hydrogen) atoms. The Hall–Kier alpha value is -6.26. The van der Waals surface area contributed by atoms with Crippen molar-refractivity contribution in [3.63, 3.8) is 0 Å². The summed E-state index contributed by atoms with van der Waals surface area (Å²) in [6.45, 7) is 7.24. The number of nitrogens with zero attached hydrogens (tertiary/aromatic N) is 4. The highest BCUT2D eigenvalue weighted by Gasteiger charge is 2.44. The molecule has 3 aromatic carbocycles. The van der Waals surface area contributed by atoms with Gasteiger partial charge in [-0.2, -0.15) is 0 Å². The Kier molecular flexibility index (Phi) is 14.4. The van der Waals surface area contributed by atoms with Gasteiger partial charge in [0.15, 0.2) is 0 Å². The molecule has 5 aliphatic rings. The minimum atomic E-state index is -1.00. The van der Waals surface area contributed by atoms with Crippen molar-refractivity contribution < 1.29 is 42.6 Å². The molecule has 358 valence electrons. The number of halogens is 1. The third-order valence-electron chi connectivity index (χ3n) is 14.8. The number of fused-ring (bicyclic) bond motifs is 2. The molecule has 6 amide bonds. The molecule has 0 spiro atoms. The molecule has 0 bridgehead atoms. The van der Waals surface area contributed by atoms with Gasteiger partial charge in [0, 0.05) is 80.2 Å². The zero-order valence-corrected chi connectivity index (χ0v) is 38.6. The van der Waals surface area contributed by atoms with Crippen LogP contribution in [-0.4, -0.2) is 120 Å². The summed E-state index contributed by atoms with van der Waals surface area (Å²) in [5.74, 6) is -0.918. The Balaban J connectivity index is 0.629. The number of hydrogen-bond acceptors (Lipinski definition) is 11. The van der Waals surface area contributed by atoms with Crippen LogP contribution in [0.1, 0.15) is 103 Å². The van der Waals surface area contributed by atoms with E-state index in [-0.39, 0.29) is 65.5 Å². The lowest BCUT2D eigenvalue weighted by Gasteiger charge is -2.37. The van der Waals surface area contributed by atoms with Crippen LogP contribution in [0.15, 0.2) is 72.9 Å². The maximum Gasteiger partial charge on any atom is 0.262 e. The Bertz CT molecular complexity index is 2530. The first-order chi connectivity index (χ1) is 33.0. The van der Waals surface area contributed by atoms with Gasteiger partial charge in [0.25, 0.3) is 11.8 Å². The van der Waals surface area contributed by atoms with E-state index in [0.717, 1.165) is 104 Å². The minimum Gasteiger partial charge on any atom is -0.490 e. The van der Waals surface area contributed by atoms with Gasteiger partial charge in [-0.15, -0.1) is 0 Å². The van der Waals surface area contributed by atoms with Gasteiger partial charge in [0.2, 0.25) is 23.6 Å². The number of benzene rings is 3. The zero-order chi connectivity index (χ0) is 47.3. The number of ether oxygens (including phenoxy) is 2. The van der Waals surface area contributed by atoms with Gasteiger partial charge < -0.3 is 29.9 Å². The summed E-state index contributed by atoms with van der Waals surface area (Å²) < 4.78 is 26.3. The Morgan fingerprint density at radius 2 is 1.54 bits per heavy atom. The predicted molar refractivity (Wildman–Crippen MR) is 252 cm³/mol.